The fourth-order valence-corrected chi connectivity index (χ4v) is 5.11. The molecule has 4 aromatic carbocycles. The van der Waals surface area contributed by atoms with Gasteiger partial charge in [0.2, 0.25) is 0 Å². The number of hydrogen-bond acceptors (Lipinski definition) is 7. The zero-order valence-electron chi connectivity index (χ0n) is 24.3. The molecule has 0 saturated carbocycles. The van der Waals surface area contributed by atoms with E-state index in [4.69, 9.17) is 18.9 Å². The van der Waals surface area contributed by atoms with Gasteiger partial charge in [0, 0.05) is 0 Å². The first-order chi connectivity index (χ1) is 21.8. The number of ether oxygens (including phenoxy) is 4. The van der Waals surface area contributed by atoms with Gasteiger partial charge in [0.15, 0.2) is 23.0 Å². The number of halogens is 2. The summed E-state index contributed by atoms with van der Waals surface area (Å²) in [4.78, 5) is 39.2. The first kappa shape index (κ1) is 31.3. The van der Waals surface area contributed by atoms with Gasteiger partial charge in [0.1, 0.15) is 24.6 Å². The highest BCUT2D eigenvalue weighted by Crippen LogP contribution is 2.39. The summed E-state index contributed by atoms with van der Waals surface area (Å²) in [5, 5.41) is 2.16. The van der Waals surface area contributed by atoms with Crippen molar-refractivity contribution >= 4 is 45.5 Å². The van der Waals surface area contributed by atoms with Crippen LogP contribution in [0.5, 0.6) is 23.0 Å². The van der Waals surface area contributed by atoms with E-state index in [1.807, 2.05) is 55.5 Å². The zero-order chi connectivity index (χ0) is 31.9. The third kappa shape index (κ3) is 7.32. The number of nitrogens with one attached hydrogen (secondary N) is 1. The molecule has 11 heteroatoms. The number of rotatable bonds is 11. The van der Waals surface area contributed by atoms with E-state index in [1.165, 1.54) is 18.2 Å². The lowest BCUT2D eigenvalue weighted by atomic mass is 10.1. The van der Waals surface area contributed by atoms with Crippen molar-refractivity contribution in [3.63, 3.8) is 0 Å². The predicted octanol–water partition coefficient (Wildman–Crippen LogP) is 6.82. The van der Waals surface area contributed by atoms with E-state index in [0.717, 1.165) is 28.2 Å². The van der Waals surface area contributed by atoms with Crippen LogP contribution in [-0.4, -0.2) is 31.6 Å². The van der Waals surface area contributed by atoms with E-state index in [1.54, 1.807) is 19.2 Å². The van der Waals surface area contributed by atoms with E-state index in [-0.39, 0.29) is 17.9 Å². The summed E-state index contributed by atoms with van der Waals surface area (Å²) in [6.45, 7) is 2.70. The molecular formula is C34H28BrFN2O7. The second kappa shape index (κ2) is 14.1. The summed E-state index contributed by atoms with van der Waals surface area (Å²) in [5.74, 6) is -0.317. The van der Waals surface area contributed by atoms with Gasteiger partial charge in [0.25, 0.3) is 11.8 Å². The molecule has 1 N–H and O–H groups in total. The van der Waals surface area contributed by atoms with E-state index >= 15 is 0 Å². The van der Waals surface area contributed by atoms with Crippen LogP contribution in [0.2, 0.25) is 0 Å². The third-order valence-corrected chi connectivity index (χ3v) is 7.27. The lowest BCUT2D eigenvalue weighted by Crippen LogP contribution is -2.54. The summed E-state index contributed by atoms with van der Waals surface area (Å²) in [5.41, 5.74) is 2.11. The maximum Gasteiger partial charge on any atom is 0.335 e. The van der Waals surface area contributed by atoms with Gasteiger partial charge in [-0.15, -0.1) is 0 Å². The quantitative estimate of drug-likeness (QED) is 0.138. The summed E-state index contributed by atoms with van der Waals surface area (Å²) in [6.07, 6.45) is 1.34. The second-order valence-electron chi connectivity index (χ2n) is 9.75. The maximum atomic E-state index is 13.4. The molecule has 4 aromatic rings. The Morgan fingerprint density at radius 2 is 1.56 bits per heavy atom. The highest BCUT2D eigenvalue weighted by molar-refractivity contribution is 9.10. The SMILES string of the molecule is CCOc1cc(/C=C2\C(=O)NC(=O)N(c3ccc(F)cc3)C2=O)cc(Br)c1OCc1ccc(OCc2ccccc2)c(OC)c1. The number of barbiturate groups is 1. The average Bonchev–Trinajstić information content (AvgIpc) is 3.03. The number of urea groups is 1. The van der Waals surface area contributed by atoms with Crippen LogP contribution in [0.15, 0.2) is 95.0 Å². The van der Waals surface area contributed by atoms with Crippen LogP contribution in [0.1, 0.15) is 23.6 Å². The largest absolute Gasteiger partial charge is 0.493 e. The Morgan fingerprint density at radius 3 is 2.27 bits per heavy atom. The molecular weight excluding hydrogens is 647 g/mol. The predicted molar refractivity (Wildman–Crippen MR) is 169 cm³/mol. The first-order valence-electron chi connectivity index (χ1n) is 13.9. The van der Waals surface area contributed by atoms with Crippen molar-refractivity contribution in [2.75, 3.05) is 18.6 Å². The van der Waals surface area contributed by atoms with Crippen LogP contribution >= 0.6 is 15.9 Å². The Bertz CT molecular complexity index is 1760. The Morgan fingerprint density at radius 1 is 0.822 bits per heavy atom. The summed E-state index contributed by atoms with van der Waals surface area (Å²) in [7, 11) is 1.57. The Kier molecular flexibility index (Phi) is 9.79. The molecule has 5 rings (SSSR count). The molecule has 1 aliphatic heterocycles. The minimum Gasteiger partial charge on any atom is -0.493 e. The van der Waals surface area contributed by atoms with E-state index in [0.29, 0.717) is 46.2 Å². The molecule has 45 heavy (non-hydrogen) atoms. The number of nitrogens with zero attached hydrogens (tertiary/aromatic N) is 1. The van der Waals surface area contributed by atoms with Gasteiger partial charge >= 0.3 is 6.03 Å². The lowest BCUT2D eigenvalue weighted by Gasteiger charge is -2.26. The van der Waals surface area contributed by atoms with Crippen LogP contribution in [0.3, 0.4) is 0 Å². The molecule has 1 fully saturated rings. The molecule has 1 aliphatic rings. The standard InChI is InChI=1S/C34H28BrFN2O7/c1-3-43-30-18-23(15-26-32(39)37-34(41)38(33(26)40)25-12-10-24(36)11-13-25)16-27(35)31(30)45-20-22-9-14-28(29(17-22)42-2)44-19-21-7-5-4-6-8-21/h4-18H,3,19-20H2,1-2H3,(H,37,39,41)/b26-15+. The molecule has 9 nitrogen and oxygen atoms in total. The summed E-state index contributed by atoms with van der Waals surface area (Å²) < 4.78 is 37.4. The normalized spacial score (nSPS) is 13.9. The monoisotopic (exact) mass is 674 g/mol. The third-order valence-electron chi connectivity index (χ3n) is 6.68. The van der Waals surface area contributed by atoms with Crippen LogP contribution < -0.4 is 29.2 Å². The van der Waals surface area contributed by atoms with E-state index in [2.05, 4.69) is 21.2 Å². The van der Waals surface area contributed by atoms with Crippen molar-refractivity contribution in [2.24, 2.45) is 0 Å². The van der Waals surface area contributed by atoms with Crippen molar-refractivity contribution in [1.29, 1.82) is 0 Å². The van der Waals surface area contributed by atoms with Gasteiger partial charge in [-0.3, -0.25) is 14.9 Å². The van der Waals surface area contributed by atoms with Crippen LogP contribution in [0.4, 0.5) is 14.9 Å². The summed E-state index contributed by atoms with van der Waals surface area (Å²) in [6, 6.07) is 22.5. The van der Waals surface area contributed by atoms with Crippen LogP contribution in [0.25, 0.3) is 6.08 Å². The fraction of sp³-hybridized carbons (Fsp3) is 0.147. The average molecular weight is 676 g/mol. The van der Waals surface area contributed by atoms with Gasteiger partial charge in [-0.25, -0.2) is 14.1 Å². The molecule has 0 aromatic heterocycles. The number of methoxy groups -OCH3 is 1. The van der Waals surface area contributed by atoms with Crippen molar-refractivity contribution in [3.8, 4) is 23.0 Å². The van der Waals surface area contributed by atoms with Gasteiger partial charge in [-0.1, -0.05) is 36.4 Å². The lowest BCUT2D eigenvalue weighted by molar-refractivity contribution is -0.122. The molecule has 0 unspecified atom stereocenters. The van der Waals surface area contributed by atoms with Crippen molar-refractivity contribution in [1.82, 2.24) is 5.32 Å². The van der Waals surface area contributed by atoms with Crippen LogP contribution in [-0.2, 0) is 22.8 Å². The number of amides is 4. The van der Waals surface area contributed by atoms with E-state index in [9.17, 15) is 18.8 Å². The molecule has 0 aliphatic carbocycles. The number of carbonyl (C=O) groups excluding carboxylic acids is 3. The zero-order valence-corrected chi connectivity index (χ0v) is 25.9. The molecule has 1 heterocycles. The van der Waals surface area contributed by atoms with Crippen molar-refractivity contribution in [2.45, 2.75) is 20.1 Å². The maximum absolute atomic E-state index is 13.4. The van der Waals surface area contributed by atoms with Gasteiger partial charge in [-0.2, -0.15) is 0 Å². The molecule has 230 valence electrons. The fourth-order valence-electron chi connectivity index (χ4n) is 4.53. The Balaban J connectivity index is 1.35. The van der Waals surface area contributed by atoms with Gasteiger partial charge in [-0.05, 0) is 94.2 Å². The number of hydrogen-bond donors (Lipinski definition) is 1. The Labute approximate surface area is 267 Å². The van der Waals surface area contributed by atoms with Crippen molar-refractivity contribution in [3.05, 3.63) is 117 Å². The molecule has 1 saturated heterocycles. The smallest absolute Gasteiger partial charge is 0.335 e. The van der Waals surface area contributed by atoms with Crippen LogP contribution in [0, 0.1) is 5.82 Å². The number of carbonyl (C=O) groups is 3. The minimum absolute atomic E-state index is 0.115. The van der Waals surface area contributed by atoms with Gasteiger partial charge in [0.05, 0.1) is 23.9 Å². The molecule has 0 radical (unpaired) electrons. The topological polar surface area (TPSA) is 103 Å². The molecule has 0 bridgehead atoms. The van der Waals surface area contributed by atoms with Gasteiger partial charge < -0.3 is 18.9 Å². The van der Waals surface area contributed by atoms with Crippen molar-refractivity contribution < 1.29 is 37.7 Å². The number of anilines is 1. The minimum atomic E-state index is -0.930. The number of imide groups is 2. The molecule has 0 atom stereocenters. The molecule has 0 spiro atoms. The Hall–Kier alpha value is -5.16. The highest BCUT2D eigenvalue weighted by Gasteiger charge is 2.37. The first-order valence-corrected chi connectivity index (χ1v) is 14.7. The molecule has 4 amide bonds. The van der Waals surface area contributed by atoms with E-state index < -0.39 is 23.7 Å². The number of benzene rings is 4. The highest BCUT2D eigenvalue weighted by atomic mass is 79.9. The summed E-state index contributed by atoms with van der Waals surface area (Å²) >= 11 is 3.52. The second-order valence-corrected chi connectivity index (χ2v) is 10.6.